The Morgan fingerprint density at radius 2 is 1.71 bits per heavy atom. The van der Waals surface area contributed by atoms with E-state index in [0.717, 1.165) is 15.6 Å². The lowest BCUT2D eigenvalue weighted by Gasteiger charge is -2.17. The number of hydrogen-bond acceptors (Lipinski definition) is 3. The van der Waals surface area contributed by atoms with Gasteiger partial charge in [-0.1, -0.05) is 41.4 Å². The molecule has 0 aromatic heterocycles. The highest BCUT2D eigenvalue weighted by Crippen LogP contribution is 2.40. The molecule has 0 aliphatic carbocycles. The smallest absolute Gasteiger partial charge is 0.326 e. The maximum atomic E-state index is 12.4. The van der Waals surface area contributed by atoms with E-state index in [1.165, 1.54) is 6.07 Å². The predicted molar refractivity (Wildman–Crippen MR) is 128 cm³/mol. The Labute approximate surface area is 198 Å². The molecule has 0 saturated carbocycles. The monoisotopic (exact) mass is 520 g/mol. The fourth-order valence-electron chi connectivity index (χ4n) is 2.88. The van der Waals surface area contributed by atoms with Gasteiger partial charge in [0.05, 0.1) is 20.1 Å². The molecule has 0 atom stereocenters. The summed E-state index contributed by atoms with van der Waals surface area (Å²) in [4.78, 5) is 24.7. The number of halogens is 3. The van der Waals surface area contributed by atoms with Crippen LogP contribution in [0.4, 0.5) is 10.5 Å². The molecule has 5 nitrogen and oxygen atoms in total. The van der Waals surface area contributed by atoms with Gasteiger partial charge in [-0.15, -0.1) is 0 Å². The largest absolute Gasteiger partial charge is 0.454 e. The summed E-state index contributed by atoms with van der Waals surface area (Å²) in [5.41, 5.74) is 3.08. The van der Waals surface area contributed by atoms with Crippen molar-refractivity contribution in [2.45, 2.75) is 20.8 Å². The van der Waals surface area contributed by atoms with Crippen LogP contribution in [-0.4, -0.2) is 11.9 Å². The van der Waals surface area contributed by atoms with Gasteiger partial charge in [0, 0.05) is 5.69 Å². The molecule has 3 rings (SSSR count). The van der Waals surface area contributed by atoms with E-state index in [1.807, 2.05) is 32.0 Å². The molecule has 31 heavy (non-hydrogen) atoms. The Hall–Kier alpha value is -2.54. The molecule has 3 amide bonds. The Kier molecular flexibility index (Phi) is 7.26. The third-order valence-electron chi connectivity index (χ3n) is 4.54. The molecular formula is C23H19BrCl2N2O3. The van der Waals surface area contributed by atoms with Crippen LogP contribution in [0.2, 0.25) is 10.0 Å². The van der Waals surface area contributed by atoms with Gasteiger partial charge in [-0.05, 0) is 83.7 Å². The Bertz CT molecular complexity index is 1180. The number of benzene rings is 3. The van der Waals surface area contributed by atoms with Gasteiger partial charge in [0.1, 0.15) is 11.5 Å². The average molecular weight is 522 g/mol. The molecule has 0 heterocycles. The van der Waals surface area contributed by atoms with Gasteiger partial charge in [-0.3, -0.25) is 10.1 Å². The highest BCUT2D eigenvalue weighted by atomic mass is 79.9. The van der Waals surface area contributed by atoms with Crippen molar-refractivity contribution in [2.75, 3.05) is 5.32 Å². The van der Waals surface area contributed by atoms with Gasteiger partial charge in [-0.2, -0.15) is 0 Å². The first-order chi connectivity index (χ1) is 14.7. The second-order valence-electron chi connectivity index (χ2n) is 6.93. The van der Waals surface area contributed by atoms with E-state index in [-0.39, 0.29) is 10.6 Å². The molecule has 2 N–H and O–H groups in total. The van der Waals surface area contributed by atoms with Gasteiger partial charge in [0.2, 0.25) is 0 Å². The van der Waals surface area contributed by atoms with E-state index in [0.29, 0.717) is 27.8 Å². The van der Waals surface area contributed by atoms with E-state index >= 15 is 0 Å². The summed E-state index contributed by atoms with van der Waals surface area (Å²) in [6.45, 7) is 5.56. The Balaban J connectivity index is 1.79. The summed E-state index contributed by atoms with van der Waals surface area (Å²) >= 11 is 16.0. The molecular weight excluding hydrogens is 503 g/mol. The standard InChI is InChI=1S/C23H19BrCl2N2O3/c1-12-8-9-19(16(24)10-12)31-21-13(2)11-18(14(3)20(21)26)27-23(30)28-22(29)15-6-4-5-7-17(15)25/h4-11H,1-3H3,(H2,27,28,29,30). The molecule has 0 aliphatic rings. The van der Waals surface area contributed by atoms with Gasteiger partial charge in [-0.25, -0.2) is 4.79 Å². The fourth-order valence-corrected chi connectivity index (χ4v) is 3.96. The van der Waals surface area contributed by atoms with Crippen molar-refractivity contribution in [3.8, 4) is 11.5 Å². The van der Waals surface area contributed by atoms with Crippen LogP contribution in [-0.2, 0) is 0 Å². The molecule has 0 radical (unpaired) electrons. The fraction of sp³-hybridized carbons (Fsp3) is 0.130. The van der Waals surface area contributed by atoms with Crippen molar-refractivity contribution in [1.82, 2.24) is 5.32 Å². The highest BCUT2D eigenvalue weighted by molar-refractivity contribution is 9.10. The van der Waals surface area contributed by atoms with Crippen molar-refractivity contribution in [3.63, 3.8) is 0 Å². The summed E-state index contributed by atoms with van der Waals surface area (Å²) in [5.74, 6) is 0.508. The van der Waals surface area contributed by atoms with Crippen LogP contribution in [0.3, 0.4) is 0 Å². The zero-order valence-corrected chi connectivity index (χ0v) is 20.1. The minimum absolute atomic E-state index is 0.206. The zero-order valence-electron chi connectivity index (χ0n) is 17.0. The number of urea groups is 1. The minimum Gasteiger partial charge on any atom is -0.454 e. The van der Waals surface area contributed by atoms with Crippen LogP contribution in [0.15, 0.2) is 53.0 Å². The van der Waals surface area contributed by atoms with E-state index in [1.54, 1.807) is 31.2 Å². The Morgan fingerprint density at radius 1 is 1.00 bits per heavy atom. The number of rotatable bonds is 4. The van der Waals surface area contributed by atoms with E-state index in [4.69, 9.17) is 27.9 Å². The lowest BCUT2D eigenvalue weighted by molar-refractivity contribution is 0.0967. The van der Waals surface area contributed by atoms with Crippen LogP contribution in [0.5, 0.6) is 11.5 Å². The number of carbonyl (C=O) groups excluding carboxylic acids is 2. The average Bonchev–Trinajstić information content (AvgIpc) is 2.70. The van der Waals surface area contributed by atoms with Crippen molar-refractivity contribution in [3.05, 3.63) is 85.3 Å². The lowest BCUT2D eigenvalue weighted by atomic mass is 10.1. The summed E-state index contributed by atoms with van der Waals surface area (Å²) in [5, 5.41) is 5.54. The number of anilines is 1. The number of ether oxygens (including phenoxy) is 1. The quantitative estimate of drug-likeness (QED) is 0.375. The van der Waals surface area contributed by atoms with Crippen LogP contribution in [0, 0.1) is 20.8 Å². The summed E-state index contributed by atoms with van der Waals surface area (Å²) in [7, 11) is 0. The third kappa shape index (κ3) is 5.39. The first-order valence-corrected chi connectivity index (χ1v) is 10.8. The van der Waals surface area contributed by atoms with E-state index in [2.05, 4.69) is 26.6 Å². The van der Waals surface area contributed by atoms with Crippen LogP contribution in [0.1, 0.15) is 27.0 Å². The SMILES string of the molecule is Cc1ccc(Oc2c(C)cc(NC(=O)NC(=O)c3ccccc3Cl)c(C)c2Cl)c(Br)c1. The Morgan fingerprint density at radius 3 is 2.39 bits per heavy atom. The zero-order chi connectivity index (χ0) is 22.7. The summed E-state index contributed by atoms with van der Waals surface area (Å²) in [6.07, 6.45) is 0. The van der Waals surface area contributed by atoms with E-state index < -0.39 is 11.9 Å². The summed E-state index contributed by atoms with van der Waals surface area (Å²) in [6, 6.07) is 13.2. The van der Waals surface area contributed by atoms with Gasteiger partial charge >= 0.3 is 6.03 Å². The molecule has 160 valence electrons. The molecule has 0 unspecified atom stereocenters. The van der Waals surface area contributed by atoms with Crippen LogP contribution < -0.4 is 15.4 Å². The number of amides is 3. The van der Waals surface area contributed by atoms with Gasteiger partial charge in [0.25, 0.3) is 5.91 Å². The van der Waals surface area contributed by atoms with Gasteiger partial charge < -0.3 is 10.1 Å². The summed E-state index contributed by atoms with van der Waals surface area (Å²) < 4.78 is 6.83. The van der Waals surface area contributed by atoms with Crippen molar-refractivity contribution >= 4 is 56.8 Å². The van der Waals surface area contributed by atoms with Crippen molar-refractivity contribution in [1.29, 1.82) is 0 Å². The molecule has 0 saturated heterocycles. The maximum absolute atomic E-state index is 12.4. The normalized spacial score (nSPS) is 10.5. The number of carbonyl (C=O) groups is 2. The number of nitrogens with one attached hydrogen (secondary N) is 2. The number of aryl methyl sites for hydroxylation is 2. The number of hydrogen-bond donors (Lipinski definition) is 2. The molecule has 0 fully saturated rings. The lowest BCUT2D eigenvalue weighted by Crippen LogP contribution is -2.34. The van der Waals surface area contributed by atoms with Crippen molar-refractivity contribution in [2.24, 2.45) is 0 Å². The second-order valence-corrected chi connectivity index (χ2v) is 8.57. The molecule has 3 aromatic carbocycles. The van der Waals surface area contributed by atoms with Crippen LogP contribution in [0.25, 0.3) is 0 Å². The molecule has 0 aliphatic heterocycles. The molecule has 0 spiro atoms. The molecule has 0 bridgehead atoms. The first kappa shape index (κ1) is 23.1. The number of imide groups is 1. The van der Waals surface area contributed by atoms with Crippen molar-refractivity contribution < 1.29 is 14.3 Å². The highest BCUT2D eigenvalue weighted by Gasteiger charge is 2.18. The topological polar surface area (TPSA) is 67.4 Å². The molecule has 8 heteroatoms. The molecule has 3 aromatic rings. The van der Waals surface area contributed by atoms with Crippen LogP contribution >= 0.6 is 39.1 Å². The van der Waals surface area contributed by atoms with E-state index in [9.17, 15) is 9.59 Å². The first-order valence-electron chi connectivity index (χ1n) is 9.28. The third-order valence-corrected chi connectivity index (χ3v) is 5.95. The minimum atomic E-state index is -0.696. The predicted octanol–water partition coefficient (Wildman–Crippen LogP) is 7.44. The second kappa shape index (κ2) is 9.73. The van der Waals surface area contributed by atoms with Gasteiger partial charge in [0.15, 0.2) is 0 Å². The maximum Gasteiger partial charge on any atom is 0.326 e.